The predicted octanol–water partition coefficient (Wildman–Crippen LogP) is 3.35. The Bertz CT molecular complexity index is 509. The summed E-state index contributed by atoms with van der Waals surface area (Å²) < 4.78 is 0. The first-order chi connectivity index (χ1) is 8.17. The van der Waals surface area contributed by atoms with Crippen molar-refractivity contribution in [2.24, 2.45) is 5.73 Å². The molecule has 0 fully saturated rings. The number of allylic oxidation sites excluding steroid dienone is 2. The van der Waals surface area contributed by atoms with E-state index in [4.69, 9.17) is 5.73 Å². The fourth-order valence-electron chi connectivity index (χ4n) is 2.07. The van der Waals surface area contributed by atoms with E-state index in [1.807, 2.05) is 18.2 Å². The normalized spacial score (nSPS) is 14.9. The molecule has 2 rings (SSSR count). The zero-order valence-electron chi connectivity index (χ0n) is 10.2. The quantitative estimate of drug-likeness (QED) is 0.826. The van der Waals surface area contributed by atoms with Crippen molar-refractivity contribution in [2.45, 2.75) is 19.9 Å². The van der Waals surface area contributed by atoms with E-state index in [2.05, 4.69) is 31.5 Å². The number of anilines is 1. The molecule has 0 atom stereocenters. The van der Waals surface area contributed by atoms with Crippen molar-refractivity contribution in [3.8, 4) is 0 Å². The van der Waals surface area contributed by atoms with Crippen molar-refractivity contribution < 1.29 is 0 Å². The van der Waals surface area contributed by atoms with E-state index in [1.54, 1.807) is 0 Å². The number of nitrogens with one attached hydrogen (secondary N) is 1. The van der Waals surface area contributed by atoms with Crippen LogP contribution in [0.4, 0.5) is 5.69 Å². The van der Waals surface area contributed by atoms with Gasteiger partial charge in [-0.25, -0.2) is 0 Å². The number of benzene rings is 1. The maximum absolute atomic E-state index is 5.63. The Balaban J connectivity index is 2.24. The average molecular weight is 226 g/mol. The minimum Gasteiger partial charge on any atom is -0.355 e. The summed E-state index contributed by atoms with van der Waals surface area (Å²) in [5.41, 5.74) is 12.3. The van der Waals surface area contributed by atoms with Gasteiger partial charge < -0.3 is 11.1 Å². The highest BCUT2D eigenvalue weighted by molar-refractivity contribution is 5.73. The Hall–Kier alpha value is -1.80. The maximum Gasteiger partial charge on any atom is 0.0496 e. The summed E-state index contributed by atoms with van der Waals surface area (Å²) in [6.07, 6.45) is 0.983. The van der Waals surface area contributed by atoms with Gasteiger partial charge in [0.2, 0.25) is 0 Å². The molecule has 1 aromatic carbocycles. The monoisotopic (exact) mass is 226 g/mol. The Morgan fingerprint density at radius 2 is 2.00 bits per heavy atom. The van der Waals surface area contributed by atoms with E-state index in [-0.39, 0.29) is 0 Å². The highest BCUT2D eigenvalue weighted by atomic mass is 14.9. The zero-order valence-corrected chi connectivity index (χ0v) is 10.2. The average Bonchev–Trinajstić information content (AvgIpc) is 2.38. The second-order valence-corrected chi connectivity index (χ2v) is 4.19. The smallest absolute Gasteiger partial charge is 0.0496 e. The van der Waals surface area contributed by atoms with Crippen molar-refractivity contribution in [3.63, 3.8) is 0 Å². The fourth-order valence-corrected chi connectivity index (χ4v) is 2.07. The molecule has 2 heteroatoms. The lowest BCUT2D eigenvalue weighted by molar-refractivity contribution is 1.03. The summed E-state index contributed by atoms with van der Waals surface area (Å²) in [4.78, 5) is 0. The first-order valence-electron chi connectivity index (χ1n) is 5.85. The molecule has 0 heterocycles. The number of rotatable bonds is 4. The van der Waals surface area contributed by atoms with E-state index in [0.29, 0.717) is 6.54 Å². The minimum atomic E-state index is 0.558. The third-order valence-corrected chi connectivity index (χ3v) is 3.12. The Morgan fingerprint density at radius 1 is 1.24 bits per heavy atom. The second kappa shape index (κ2) is 4.60. The van der Waals surface area contributed by atoms with Gasteiger partial charge in [0.15, 0.2) is 0 Å². The molecule has 1 aliphatic rings. The van der Waals surface area contributed by atoms with Gasteiger partial charge in [-0.3, -0.25) is 0 Å². The van der Waals surface area contributed by atoms with Gasteiger partial charge in [-0.15, -0.1) is 0 Å². The molecule has 0 saturated heterocycles. The van der Waals surface area contributed by atoms with E-state index in [0.717, 1.165) is 34.5 Å². The number of hydrogen-bond acceptors (Lipinski definition) is 2. The SMILES string of the molecule is C=C1C(=C)C(Nc2cccc(CN)c2)=C1CC. The molecule has 1 aliphatic carbocycles. The van der Waals surface area contributed by atoms with E-state index in [1.165, 1.54) is 5.57 Å². The van der Waals surface area contributed by atoms with Gasteiger partial charge in [-0.2, -0.15) is 0 Å². The molecular weight excluding hydrogens is 208 g/mol. The summed E-state index contributed by atoms with van der Waals surface area (Å²) in [5, 5.41) is 3.40. The van der Waals surface area contributed by atoms with Crippen LogP contribution in [0, 0.1) is 0 Å². The van der Waals surface area contributed by atoms with Gasteiger partial charge in [0.05, 0.1) is 0 Å². The van der Waals surface area contributed by atoms with Gasteiger partial charge in [-0.1, -0.05) is 32.2 Å². The maximum atomic E-state index is 5.63. The molecule has 0 amide bonds. The summed E-state index contributed by atoms with van der Waals surface area (Å²) in [6, 6.07) is 8.13. The largest absolute Gasteiger partial charge is 0.355 e. The first kappa shape index (κ1) is 11.7. The third kappa shape index (κ3) is 2.04. The second-order valence-electron chi connectivity index (χ2n) is 4.19. The van der Waals surface area contributed by atoms with Gasteiger partial charge in [0.25, 0.3) is 0 Å². The third-order valence-electron chi connectivity index (χ3n) is 3.12. The lowest BCUT2D eigenvalue weighted by atomic mass is 9.82. The zero-order chi connectivity index (χ0) is 12.4. The first-order valence-corrected chi connectivity index (χ1v) is 5.85. The van der Waals surface area contributed by atoms with E-state index in [9.17, 15) is 0 Å². The fraction of sp³-hybridized carbons (Fsp3) is 0.200. The van der Waals surface area contributed by atoms with Crippen LogP contribution in [-0.4, -0.2) is 0 Å². The molecule has 88 valence electrons. The minimum absolute atomic E-state index is 0.558. The molecule has 2 nitrogen and oxygen atoms in total. The molecule has 0 bridgehead atoms. The highest BCUT2D eigenvalue weighted by Gasteiger charge is 2.24. The van der Waals surface area contributed by atoms with Crippen LogP contribution in [0.3, 0.4) is 0 Å². The van der Waals surface area contributed by atoms with E-state index < -0.39 is 0 Å². The van der Waals surface area contributed by atoms with Crippen molar-refractivity contribution in [3.05, 3.63) is 65.4 Å². The van der Waals surface area contributed by atoms with Crippen LogP contribution in [-0.2, 0) is 6.54 Å². The van der Waals surface area contributed by atoms with Crippen LogP contribution >= 0.6 is 0 Å². The summed E-state index contributed by atoms with van der Waals surface area (Å²) in [5.74, 6) is 0. The van der Waals surface area contributed by atoms with Crippen LogP contribution in [0.2, 0.25) is 0 Å². The molecule has 0 radical (unpaired) electrons. The molecule has 1 aromatic rings. The van der Waals surface area contributed by atoms with Crippen LogP contribution in [0.15, 0.2) is 59.8 Å². The molecule has 3 N–H and O–H groups in total. The lowest BCUT2D eigenvalue weighted by Gasteiger charge is -2.29. The van der Waals surface area contributed by atoms with Crippen LogP contribution < -0.4 is 11.1 Å². The molecular formula is C15H18N2. The van der Waals surface area contributed by atoms with Crippen LogP contribution in [0.5, 0.6) is 0 Å². The van der Waals surface area contributed by atoms with Crippen molar-refractivity contribution in [1.82, 2.24) is 0 Å². The summed E-state index contributed by atoms with van der Waals surface area (Å²) >= 11 is 0. The van der Waals surface area contributed by atoms with Gasteiger partial charge in [-0.05, 0) is 40.8 Å². The van der Waals surface area contributed by atoms with Gasteiger partial charge >= 0.3 is 0 Å². The standard InChI is InChI=1S/C15H18N2/c1-4-14-10(2)11(3)15(14)17-13-7-5-6-12(8-13)9-16/h5-8,17H,2-4,9,16H2,1H3. The van der Waals surface area contributed by atoms with Gasteiger partial charge in [0.1, 0.15) is 0 Å². The van der Waals surface area contributed by atoms with E-state index >= 15 is 0 Å². The molecule has 0 spiro atoms. The molecule has 0 unspecified atom stereocenters. The summed E-state index contributed by atoms with van der Waals surface area (Å²) in [6.45, 7) is 10.7. The number of nitrogens with two attached hydrogens (primary N) is 1. The lowest BCUT2D eigenvalue weighted by Crippen LogP contribution is -2.17. The summed E-state index contributed by atoms with van der Waals surface area (Å²) in [7, 11) is 0. The topological polar surface area (TPSA) is 38.0 Å². The van der Waals surface area contributed by atoms with Crippen molar-refractivity contribution in [1.29, 1.82) is 0 Å². The highest BCUT2D eigenvalue weighted by Crippen LogP contribution is 2.39. The number of hydrogen-bond donors (Lipinski definition) is 2. The Morgan fingerprint density at radius 3 is 2.65 bits per heavy atom. The van der Waals surface area contributed by atoms with Crippen molar-refractivity contribution in [2.75, 3.05) is 5.32 Å². The van der Waals surface area contributed by atoms with Crippen LogP contribution in [0.25, 0.3) is 0 Å². The predicted molar refractivity (Wildman–Crippen MR) is 73.6 cm³/mol. The Kier molecular flexibility index (Phi) is 3.16. The van der Waals surface area contributed by atoms with Crippen LogP contribution in [0.1, 0.15) is 18.9 Å². The van der Waals surface area contributed by atoms with Gasteiger partial charge in [0, 0.05) is 17.9 Å². The Labute approximate surface area is 103 Å². The molecule has 0 saturated carbocycles. The molecule has 0 aromatic heterocycles. The van der Waals surface area contributed by atoms with Crippen molar-refractivity contribution >= 4 is 5.69 Å². The molecule has 17 heavy (non-hydrogen) atoms. The molecule has 0 aliphatic heterocycles.